The summed E-state index contributed by atoms with van der Waals surface area (Å²) in [5, 5.41) is 5.78. The van der Waals surface area contributed by atoms with Gasteiger partial charge >= 0.3 is 11.9 Å². The zero-order valence-corrected chi connectivity index (χ0v) is 19.4. The maximum atomic E-state index is 13.0. The molecule has 2 N–H and O–H groups in total. The number of hydrogen-bond acceptors (Lipinski definition) is 6. The van der Waals surface area contributed by atoms with Crippen LogP contribution in [0.1, 0.15) is 73.6 Å². The van der Waals surface area contributed by atoms with Crippen LogP contribution in [-0.2, 0) is 28.7 Å². The third-order valence-electron chi connectivity index (χ3n) is 9.83. The second-order valence-electron chi connectivity index (χ2n) is 11.2. The van der Waals surface area contributed by atoms with Gasteiger partial charge in [0, 0.05) is 23.9 Å². The molecule has 8 nitrogen and oxygen atoms in total. The molecule has 4 aliphatic rings. The van der Waals surface area contributed by atoms with Crippen LogP contribution in [0.3, 0.4) is 0 Å². The Morgan fingerprint density at radius 2 is 1.06 bits per heavy atom. The van der Waals surface area contributed by atoms with Gasteiger partial charge in [-0.05, 0) is 46.0 Å². The van der Waals surface area contributed by atoms with Gasteiger partial charge in [-0.25, -0.2) is 0 Å². The predicted molar refractivity (Wildman–Crippen MR) is 111 cm³/mol. The van der Waals surface area contributed by atoms with Gasteiger partial charge in [0.15, 0.2) is 11.2 Å². The lowest BCUT2D eigenvalue weighted by molar-refractivity contribution is -0.168. The van der Waals surface area contributed by atoms with Crippen LogP contribution in [0.5, 0.6) is 0 Å². The molecule has 2 aliphatic carbocycles. The number of fused-ring (bicyclic) bond motifs is 4. The molecule has 2 aliphatic heterocycles. The molecular formula is C23H34N2O6. The van der Waals surface area contributed by atoms with E-state index in [1.807, 2.05) is 41.5 Å². The van der Waals surface area contributed by atoms with Gasteiger partial charge in [0.1, 0.15) is 0 Å². The normalized spacial score (nSPS) is 41.1. The Labute approximate surface area is 183 Å². The Morgan fingerprint density at radius 1 is 0.710 bits per heavy atom. The fourth-order valence-electron chi connectivity index (χ4n) is 6.27. The van der Waals surface area contributed by atoms with Crippen LogP contribution in [0.4, 0.5) is 0 Å². The van der Waals surface area contributed by atoms with Crippen molar-refractivity contribution in [3.63, 3.8) is 0 Å². The first kappa shape index (κ1) is 22.1. The van der Waals surface area contributed by atoms with E-state index in [0.29, 0.717) is 45.2 Å². The summed E-state index contributed by atoms with van der Waals surface area (Å²) >= 11 is 0. The third-order valence-corrected chi connectivity index (χ3v) is 9.83. The van der Waals surface area contributed by atoms with Gasteiger partial charge in [0.25, 0.3) is 11.8 Å². The van der Waals surface area contributed by atoms with E-state index >= 15 is 0 Å². The molecular weight excluding hydrogens is 400 g/mol. The van der Waals surface area contributed by atoms with Gasteiger partial charge in [-0.1, -0.05) is 27.7 Å². The molecule has 4 bridgehead atoms. The topological polar surface area (TPSA) is 111 Å². The Kier molecular flexibility index (Phi) is 4.44. The molecule has 2 amide bonds. The van der Waals surface area contributed by atoms with Gasteiger partial charge in [-0.3, -0.25) is 19.2 Å². The Morgan fingerprint density at radius 3 is 1.32 bits per heavy atom. The standard InChI is InChI=1S/C23H34N2O6/c1-18(2)20(5)8-10-22(18,30-16(20)28)14(26)24-12-7-13-25-15(27)23-11-9-21(6,17(29)31-23)19(23,3)4/h7-13H2,1-6H3,(H,24,26)(H,25,27)/t20-,21-,22-,23+/m1/s1. The van der Waals surface area contributed by atoms with Gasteiger partial charge in [0.2, 0.25) is 0 Å². The summed E-state index contributed by atoms with van der Waals surface area (Å²) in [5.41, 5.74) is -4.70. The number of esters is 2. The van der Waals surface area contributed by atoms with E-state index in [0.717, 1.165) is 0 Å². The summed E-state index contributed by atoms with van der Waals surface area (Å²) in [6.45, 7) is 12.1. The van der Waals surface area contributed by atoms with E-state index in [1.54, 1.807) is 0 Å². The fourth-order valence-corrected chi connectivity index (χ4v) is 6.27. The predicted octanol–water partition coefficient (Wildman–Crippen LogP) is 1.85. The first-order valence-corrected chi connectivity index (χ1v) is 11.3. The zero-order chi connectivity index (χ0) is 23.1. The second-order valence-corrected chi connectivity index (χ2v) is 11.2. The molecule has 4 rings (SSSR count). The quantitative estimate of drug-likeness (QED) is 0.488. The zero-order valence-electron chi connectivity index (χ0n) is 19.4. The summed E-state index contributed by atoms with van der Waals surface area (Å²) in [7, 11) is 0. The molecule has 2 saturated heterocycles. The molecule has 8 heteroatoms. The van der Waals surface area contributed by atoms with E-state index in [4.69, 9.17) is 9.47 Å². The molecule has 0 radical (unpaired) electrons. The Bertz CT molecular complexity index is 811. The fraction of sp³-hybridized carbons (Fsp3) is 0.826. The highest BCUT2D eigenvalue weighted by Crippen LogP contribution is 2.66. The molecule has 0 unspecified atom stereocenters. The molecule has 0 aromatic rings. The van der Waals surface area contributed by atoms with E-state index in [9.17, 15) is 19.2 Å². The summed E-state index contributed by atoms with van der Waals surface area (Å²) in [5.74, 6) is -1.14. The first-order chi connectivity index (χ1) is 14.2. The minimum Gasteiger partial charge on any atom is -0.448 e. The van der Waals surface area contributed by atoms with Crippen LogP contribution >= 0.6 is 0 Å². The summed E-state index contributed by atoms with van der Waals surface area (Å²) in [6, 6.07) is 0. The van der Waals surface area contributed by atoms with Crippen molar-refractivity contribution in [1.29, 1.82) is 0 Å². The summed E-state index contributed by atoms with van der Waals surface area (Å²) in [4.78, 5) is 50.6. The lowest BCUT2D eigenvalue weighted by atomic mass is 9.66. The lowest BCUT2D eigenvalue weighted by Gasteiger charge is -2.35. The Hall–Kier alpha value is -2.12. The van der Waals surface area contributed by atoms with E-state index in [-0.39, 0.29) is 23.8 Å². The van der Waals surface area contributed by atoms with Crippen molar-refractivity contribution in [1.82, 2.24) is 10.6 Å². The van der Waals surface area contributed by atoms with Crippen LogP contribution in [0, 0.1) is 21.7 Å². The van der Waals surface area contributed by atoms with E-state index in [2.05, 4.69) is 10.6 Å². The van der Waals surface area contributed by atoms with Crippen LogP contribution in [-0.4, -0.2) is 48.0 Å². The molecule has 0 spiro atoms. The van der Waals surface area contributed by atoms with E-state index < -0.39 is 32.9 Å². The second kappa shape index (κ2) is 6.23. The maximum absolute atomic E-state index is 13.0. The average Bonchev–Trinajstić information content (AvgIpc) is 3.15. The average molecular weight is 435 g/mol. The van der Waals surface area contributed by atoms with Gasteiger partial charge in [0.05, 0.1) is 10.8 Å². The third kappa shape index (κ3) is 2.31. The van der Waals surface area contributed by atoms with Gasteiger partial charge in [-0.2, -0.15) is 0 Å². The van der Waals surface area contributed by atoms with Crippen LogP contribution in [0.2, 0.25) is 0 Å². The van der Waals surface area contributed by atoms with Crippen molar-refractivity contribution in [2.24, 2.45) is 21.7 Å². The number of carbonyl (C=O) groups is 4. The molecule has 0 aromatic heterocycles. The van der Waals surface area contributed by atoms with Gasteiger partial charge < -0.3 is 20.1 Å². The molecule has 2 heterocycles. The van der Waals surface area contributed by atoms with Crippen molar-refractivity contribution in [2.45, 2.75) is 84.8 Å². The van der Waals surface area contributed by atoms with Crippen molar-refractivity contribution >= 4 is 23.8 Å². The van der Waals surface area contributed by atoms with Crippen molar-refractivity contribution in [3.8, 4) is 0 Å². The minimum atomic E-state index is -1.13. The number of hydrogen-bond donors (Lipinski definition) is 2. The number of amides is 2. The van der Waals surface area contributed by atoms with Crippen LogP contribution in [0.25, 0.3) is 0 Å². The highest BCUT2D eigenvalue weighted by atomic mass is 16.6. The molecule has 2 saturated carbocycles. The molecule has 172 valence electrons. The molecule has 4 atom stereocenters. The van der Waals surface area contributed by atoms with E-state index in [1.165, 1.54) is 0 Å². The van der Waals surface area contributed by atoms with Crippen molar-refractivity contribution < 1.29 is 28.7 Å². The smallest absolute Gasteiger partial charge is 0.313 e. The number of carbonyl (C=O) groups excluding carboxylic acids is 4. The molecule has 0 aromatic carbocycles. The Balaban J connectivity index is 1.30. The SMILES string of the molecule is CC1(C)[C@@]2(C(=O)NCCCNC(=O)[C@@]34CC[C@](C)(C(=O)O3)C4(C)C)CC[C@]1(C)C(=O)O2. The van der Waals surface area contributed by atoms with Crippen molar-refractivity contribution in [2.75, 3.05) is 13.1 Å². The maximum Gasteiger partial charge on any atom is 0.313 e. The lowest BCUT2D eigenvalue weighted by Crippen LogP contribution is -2.54. The first-order valence-electron chi connectivity index (χ1n) is 11.3. The van der Waals surface area contributed by atoms with Crippen molar-refractivity contribution in [3.05, 3.63) is 0 Å². The number of nitrogens with one attached hydrogen (secondary N) is 2. The summed E-state index contributed by atoms with van der Waals surface area (Å²) < 4.78 is 11.2. The largest absolute Gasteiger partial charge is 0.448 e. The summed E-state index contributed by atoms with van der Waals surface area (Å²) in [6.07, 6.45) is 2.83. The number of rotatable bonds is 6. The van der Waals surface area contributed by atoms with Gasteiger partial charge in [-0.15, -0.1) is 0 Å². The van der Waals surface area contributed by atoms with Crippen LogP contribution in [0.15, 0.2) is 0 Å². The highest BCUT2D eigenvalue weighted by molar-refractivity contribution is 5.97. The monoisotopic (exact) mass is 434 g/mol. The molecule has 4 fully saturated rings. The minimum absolute atomic E-state index is 0.269. The highest BCUT2D eigenvalue weighted by Gasteiger charge is 2.76. The number of ether oxygens (including phenoxy) is 2. The molecule has 31 heavy (non-hydrogen) atoms. The van der Waals surface area contributed by atoms with Crippen LogP contribution < -0.4 is 10.6 Å².